The van der Waals surface area contributed by atoms with E-state index in [0.29, 0.717) is 18.3 Å². The molecule has 1 N–H and O–H groups in total. The SMILES string of the molecule is CCCC(C)COc1c(C(=O)O)cnc2ccccc12. The quantitative estimate of drug-likeness (QED) is 0.870. The molecule has 0 amide bonds. The zero-order valence-electron chi connectivity index (χ0n) is 11.8. The molecule has 4 nitrogen and oxygen atoms in total. The summed E-state index contributed by atoms with van der Waals surface area (Å²) in [5.74, 6) is -0.193. The molecule has 1 unspecified atom stereocenters. The average molecular weight is 273 g/mol. The highest BCUT2D eigenvalue weighted by atomic mass is 16.5. The molecule has 1 aromatic carbocycles. The lowest BCUT2D eigenvalue weighted by atomic mass is 10.1. The number of ether oxygens (including phenoxy) is 1. The molecule has 0 bridgehead atoms. The van der Waals surface area contributed by atoms with E-state index in [0.717, 1.165) is 23.7 Å². The molecular formula is C16H19NO3. The van der Waals surface area contributed by atoms with E-state index in [1.165, 1.54) is 6.20 Å². The van der Waals surface area contributed by atoms with Crippen LogP contribution in [-0.4, -0.2) is 22.7 Å². The van der Waals surface area contributed by atoms with Gasteiger partial charge in [-0.15, -0.1) is 0 Å². The number of hydrogen-bond donors (Lipinski definition) is 1. The van der Waals surface area contributed by atoms with Crippen molar-refractivity contribution in [1.29, 1.82) is 0 Å². The Balaban J connectivity index is 2.37. The number of aromatic carboxylic acids is 1. The van der Waals surface area contributed by atoms with Crippen molar-refractivity contribution in [2.24, 2.45) is 5.92 Å². The lowest BCUT2D eigenvalue weighted by Crippen LogP contribution is -2.11. The molecule has 20 heavy (non-hydrogen) atoms. The Bertz CT molecular complexity index is 610. The molecule has 0 aliphatic carbocycles. The summed E-state index contributed by atoms with van der Waals surface area (Å²) in [4.78, 5) is 15.5. The summed E-state index contributed by atoms with van der Waals surface area (Å²) in [6, 6.07) is 7.43. The number of hydrogen-bond acceptors (Lipinski definition) is 3. The van der Waals surface area contributed by atoms with Gasteiger partial charge in [0, 0.05) is 11.6 Å². The number of benzene rings is 1. The highest BCUT2D eigenvalue weighted by Gasteiger charge is 2.16. The summed E-state index contributed by atoms with van der Waals surface area (Å²) >= 11 is 0. The molecule has 0 aliphatic rings. The van der Waals surface area contributed by atoms with Gasteiger partial charge in [-0.05, 0) is 24.5 Å². The fourth-order valence-electron chi connectivity index (χ4n) is 2.23. The highest BCUT2D eigenvalue weighted by Crippen LogP contribution is 2.29. The molecule has 0 aliphatic heterocycles. The van der Waals surface area contributed by atoms with Gasteiger partial charge in [-0.3, -0.25) is 4.98 Å². The van der Waals surface area contributed by atoms with Crippen molar-refractivity contribution in [1.82, 2.24) is 4.98 Å². The largest absolute Gasteiger partial charge is 0.492 e. The Hall–Kier alpha value is -2.10. The molecule has 0 radical (unpaired) electrons. The standard InChI is InChI=1S/C16H19NO3/c1-3-6-11(2)10-20-15-12-7-4-5-8-14(12)17-9-13(15)16(18)19/h4-5,7-9,11H,3,6,10H2,1-2H3,(H,18,19). The molecule has 1 atom stereocenters. The van der Waals surface area contributed by atoms with E-state index in [9.17, 15) is 9.90 Å². The summed E-state index contributed by atoms with van der Waals surface area (Å²) in [5.41, 5.74) is 0.864. The topological polar surface area (TPSA) is 59.4 Å². The molecule has 0 saturated carbocycles. The first-order valence-electron chi connectivity index (χ1n) is 6.87. The zero-order valence-corrected chi connectivity index (χ0v) is 11.8. The maximum atomic E-state index is 11.3. The summed E-state index contributed by atoms with van der Waals surface area (Å²) in [6.07, 6.45) is 3.52. The van der Waals surface area contributed by atoms with E-state index < -0.39 is 5.97 Å². The molecule has 106 valence electrons. The minimum Gasteiger partial charge on any atom is -0.492 e. The van der Waals surface area contributed by atoms with Gasteiger partial charge in [0.25, 0.3) is 0 Å². The normalized spacial score (nSPS) is 12.3. The third kappa shape index (κ3) is 3.07. The zero-order chi connectivity index (χ0) is 14.5. The van der Waals surface area contributed by atoms with Gasteiger partial charge in [-0.25, -0.2) is 4.79 Å². The predicted molar refractivity (Wildman–Crippen MR) is 78.3 cm³/mol. The predicted octanol–water partition coefficient (Wildman–Crippen LogP) is 3.75. The van der Waals surface area contributed by atoms with Gasteiger partial charge in [-0.2, -0.15) is 0 Å². The molecule has 0 fully saturated rings. The summed E-state index contributed by atoms with van der Waals surface area (Å²) in [5, 5.41) is 10.0. The van der Waals surface area contributed by atoms with Crippen molar-refractivity contribution in [2.45, 2.75) is 26.7 Å². The van der Waals surface area contributed by atoms with Crippen LogP contribution in [0.3, 0.4) is 0 Å². The van der Waals surface area contributed by atoms with Crippen LogP contribution in [0.5, 0.6) is 5.75 Å². The highest BCUT2D eigenvalue weighted by molar-refractivity contribution is 5.98. The summed E-state index contributed by atoms with van der Waals surface area (Å²) in [6.45, 7) is 4.75. The molecule has 0 spiro atoms. The average Bonchev–Trinajstić information content (AvgIpc) is 2.44. The number of carbonyl (C=O) groups is 1. The molecule has 0 saturated heterocycles. The first-order chi connectivity index (χ1) is 9.63. The van der Waals surface area contributed by atoms with E-state index in [1.807, 2.05) is 24.3 Å². The number of fused-ring (bicyclic) bond motifs is 1. The van der Waals surface area contributed by atoms with Gasteiger partial charge in [0.2, 0.25) is 0 Å². The van der Waals surface area contributed by atoms with Gasteiger partial charge in [0.05, 0.1) is 12.1 Å². The summed E-state index contributed by atoms with van der Waals surface area (Å²) in [7, 11) is 0. The van der Waals surface area contributed by atoms with E-state index >= 15 is 0 Å². The lowest BCUT2D eigenvalue weighted by Gasteiger charge is -2.15. The maximum Gasteiger partial charge on any atom is 0.341 e. The number of aromatic nitrogens is 1. The number of carboxylic acid groups (broad SMARTS) is 1. The van der Waals surface area contributed by atoms with Crippen molar-refractivity contribution in [3.8, 4) is 5.75 Å². The summed E-state index contributed by atoms with van der Waals surface area (Å²) < 4.78 is 5.81. The Kier molecular flexibility index (Phi) is 4.56. The van der Waals surface area contributed by atoms with Gasteiger partial charge in [0.1, 0.15) is 11.3 Å². The fourth-order valence-corrected chi connectivity index (χ4v) is 2.23. The Morgan fingerprint density at radius 3 is 2.85 bits per heavy atom. The van der Waals surface area contributed by atoms with Crippen LogP contribution in [0.25, 0.3) is 10.9 Å². The fraction of sp³-hybridized carbons (Fsp3) is 0.375. The van der Waals surface area contributed by atoms with Crippen molar-refractivity contribution in [2.75, 3.05) is 6.61 Å². The van der Waals surface area contributed by atoms with Crippen molar-refractivity contribution in [3.05, 3.63) is 36.0 Å². The number of para-hydroxylation sites is 1. The Labute approximate surface area is 118 Å². The van der Waals surface area contributed by atoms with Gasteiger partial charge >= 0.3 is 5.97 Å². The molecule has 1 aromatic heterocycles. The Morgan fingerprint density at radius 2 is 2.15 bits per heavy atom. The molecule has 2 aromatic rings. The monoisotopic (exact) mass is 273 g/mol. The number of rotatable bonds is 6. The van der Waals surface area contributed by atoms with Gasteiger partial charge in [-0.1, -0.05) is 32.4 Å². The first kappa shape index (κ1) is 14.3. The smallest absolute Gasteiger partial charge is 0.341 e. The number of nitrogens with zero attached hydrogens (tertiary/aromatic N) is 1. The van der Waals surface area contributed by atoms with Crippen LogP contribution < -0.4 is 4.74 Å². The van der Waals surface area contributed by atoms with E-state index in [4.69, 9.17) is 4.74 Å². The van der Waals surface area contributed by atoms with Crippen LogP contribution in [0.2, 0.25) is 0 Å². The number of pyridine rings is 1. The molecule has 2 rings (SSSR count). The second-order valence-corrected chi connectivity index (χ2v) is 5.03. The second kappa shape index (κ2) is 6.37. The minimum absolute atomic E-state index is 0.118. The van der Waals surface area contributed by atoms with Crippen LogP contribution >= 0.6 is 0 Å². The van der Waals surface area contributed by atoms with Crippen molar-refractivity contribution in [3.63, 3.8) is 0 Å². The molecule has 1 heterocycles. The maximum absolute atomic E-state index is 11.3. The van der Waals surface area contributed by atoms with Crippen LogP contribution in [0.1, 0.15) is 37.0 Å². The van der Waals surface area contributed by atoms with E-state index in [1.54, 1.807) is 0 Å². The lowest BCUT2D eigenvalue weighted by molar-refractivity contribution is 0.0691. The van der Waals surface area contributed by atoms with E-state index in [2.05, 4.69) is 18.8 Å². The van der Waals surface area contributed by atoms with Crippen LogP contribution in [0.4, 0.5) is 0 Å². The third-order valence-corrected chi connectivity index (χ3v) is 3.25. The number of carboxylic acids is 1. The van der Waals surface area contributed by atoms with Gasteiger partial charge in [0.15, 0.2) is 0 Å². The van der Waals surface area contributed by atoms with Crippen LogP contribution in [0, 0.1) is 5.92 Å². The second-order valence-electron chi connectivity index (χ2n) is 5.03. The minimum atomic E-state index is -1.01. The Morgan fingerprint density at radius 1 is 1.40 bits per heavy atom. The van der Waals surface area contributed by atoms with Crippen molar-refractivity contribution >= 4 is 16.9 Å². The molecule has 4 heteroatoms. The van der Waals surface area contributed by atoms with E-state index in [-0.39, 0.29) is 5.56 Å². The van der Waals surface area contributed by atoms with Crippen LogP contribution in [0.15, 0.2) is 30.5 Å². The molecular weight excluding hydrogens is 254 g/mol. The first-order valence-corrected chi connectivity index (χ1v) is 6.87. The van der Waals surface area contributed by atoms with Crippen LogP contribution in [-0.2, 0) is 0 Å². The third-order valence-electron chi connectivity index (χ3n) is 3.25. The van der Waals surface area contributed by atoms with Gasteiger partial charge < -0.3 is 9.84 Å². The van der Waals surface area contributed by atoms with Crippen molar-refractivity contribution < 1.29 is 14.6 Å².